The summed E-state index contributed by atoms with van der Waals surface area (Å²) in [5.74, 6) is 0. The van der Waals surface area contributed by atoms with E-state index in [2.05, 4.69) is 330 Å². The average molecular weight is 1160 g/mol. The monoisotopic (exact) mass is 1160 g/mol. The van der Waals surface area contributed by atoms with Crippen LogP contribution in [0.1, 0.15) is 153 Å². The van der Waals surface area contributed by atoms with Crippen molar-refractivity contribution in [3.05, 3.63) is 274 Å². The molecule has 0 bridgehead atoms. The normalized spacial score (nSPS) is 16.4. The number of hydrogen-bond acceptors (Lipinski definition) is 3. The topological polar surface area (TPSA) is 9.72 Å². The van der Waals surface area contributed by atoms with E-state index in [1.807, 2.05) is 0 Å². The van der Waals surface area contributed by atoms with Gasteiger partial charge in [0, 0.05) is 67.2 Å². The highest BCUT2D eigenvalue weighted by atomic mass is 15.2. The Morgan fingerprint density at radius 3 is 0.944 bits per heavy atom. The highest BCUT2D eigenvalue weighted by Crippen LogP contribution is 2.58. The lowest BCUT2D eigenvalue weighted by atomic mass is 9.33. The lowest BCUT2D eigenvalue weighted by molar-refractivity contribution is 0.590. The second kappa shape index (κ2) is 18.3. The largest absolute Gasteiger partial charge is 0.311 e. The van der Waals surface area contributed by atoms with Gasteiger partial charge in [0.1, 0.15) is 0 Å². The van der Waals surface area contributed by atoms with E-state index in [0.717, 1.165) is 28.4 Å². The van der Waals surface area contributed by atoms with Crippen LogP contribution in [0.4, 0.5) is 51.2 Å². The zero-order valence-electron chi connectivity index (χ0n) is 54.7. The fourth-order valence-corrected chi connectivity index (χ4v) is 17.4. The lowest BCUT2D eigenvalue weighted by Gasteiger charge is -2.46. The molecule has 6 aliphatic rings. The summed E-state index contributed by atoms with van der Waals surface area (Å²) in [7, 11) is 0. The molecule has 3 nitrogen and oxygen atoms in total. The van der Waals surface area contributed by atoms with Crippen LogP contribution in [-0.4, -0.2) is 6.71 Å². The Morgan fingerprint density at radius 1 is 0.289 bits per heavy atom. The van der Waals surface area contributed by atoms with Crippen LogP contribution in [0.5, 0.6) is 0 Å². The molecule has 0 amide bonds. The molecule has 0 saturated carbocycles. The molecule has 2 heterocycles. The smallest absolute Gasteiger partial charge is 0.252 e. The predicted octanol–water partition coefficient (Wildman–Crippen LogP) is 21.1. The molecule has 11 aromatic rings. The van der Waals surface area contributed by atoms with Crippen molar-refractivity contribution in [2.75, 3.05) is 14.7 Å². The van der Waals surface area contributed by atoms with E-state index in [1.165, 1.54) is 139 Å². The van der Waals surface area contributed by atoms with Crippen molar-refractivity contribution >= 4 is 74.3 Å². The molecule has 0 fully saturated rings. The lowest BCUT2D eigenvalue weighted by Crippen LogP contribution is -2.61. The van der Waals surface area contributed by atoms with Crippen LogP contribution in [0.2, 0.25) is 0 Å². The Hall–Kier alpha value is -9.12. The first-order chi connectivity index (χ1) is 42.9. The van der Waals surface area contributed by atoms with Crippen molar-refractivity contribution in [1.82, 2.24) is 0 Å². The van der Waals surface area contributed by atoms with Gasteiger partial charge >= 0.3 is 0 Å². The van der Waals surface area contributed by atoms with E-state index in [4.69, 9.17) is 0 Å². The van der Waals surface area contributed by atoms with Crippen molar-refractivity contribution < 1.29 is 0 Å². The summed E-state index contributed by atoms with van der Waals surface area (Å²) in [5.41, 5.74) is 37.8. The summed E-state index contributed by atoms with van der Waals surface area (Å²) < 4.78 is 0. The van der Waals surface area contributed by atoms with E-state index < -0.39 is 0 Å². The Kier molecular flexibility index (Phi) is 11.2. The molecule has 440 valence electrons. The number of nitrogens with zero attached hydrogens (tertiary/aromatic N) is 3. The molecule has 0 unspecified atom stereocenters. The second-order valence-electron chi connectivity index (χ2n) is 31.0. The van der Waals surface area contributed by atoms with Crippen LogP contribution < -0.4 is 31.1 Å². The minimum absolute atomic E-state index is 0.0203. The van der Waals surface area contributed by atoms with Crippen molar-refractivity contribution in [3.8, 4) is 44.5 Å². The van der Waals surface area contributed by atoms with Crippen molar-refractivity contribution in [3.63, 3.8) is 0 Å². The van der Waals surface area contributed by atoms with Crippen LogP contribution in [0.3, 0.4) is 0 Å². The summed E-state index contributed by atoms with van der Waals surface area (Å²) in [6, 6.07) is 86.0. The summed E-state index contributed by atoms with van der Waals surface area (Å²) >= 11 is 0. The van der Waals surface area contributed by atoms with Crippen molar-refractivity contribution in [2.45, 2.75) is 129 Å². The van der Waals surface area contributed by atoms with Gasteiger partial charge in [-0.25, -0.2) is 0 Å². The summed E-state index contributed by atoms with van der Waals surface area (Å²) in [4.78, 5) is 7.92. The van der Waals surface area contributed by atoms with Gasteiger partial charge in [0.15, 0.2) is 0 Å². The molecule has 90 heavy (non-hydrogen) atoms. The van der Waals surface area contributed by atoms with E-state index >= 15 is 0 Å². The molecule has 2 aliphatic heterocycles. The standard InChI is InChI=1S/C86H78BN3/c1-81(2,3)51-31-35-53(36-32-51)88(54-37-33-52(34-38-54)82(4,5)6)57-45-78-80-79(46-57)90(56-40-42-71-63(44-56)59-24-16-20-28-67(59)84(71,9)10)77-48-65-61-26-18-22-30-69(61)86(13,14)73(65)50-75(77)87(80)74-49-72-64(60-25-17-21-29-68(60)85(72,11)12)47-76(74)89(78)55-39-41-70-62(43-55)58-23-15-19-27-66(58)83(70,7)8/h15-50H,1-14H3. The van der Waals surface area contributed by atoms with Crippen LogP contribution in [-0.2, 0) is 32.5 Å². The third kappa shape index (κ3) is 7.48. The molecule has 0 aromatic heterocycles. The average Bonchev–Trinajstić information content (AvgIpc) is 1.07. The number of anilines is 9. The minimum Gasteiger partial charge on any atom is -0.311 e. The SMILES string of the molecule is CC(C)(C)c1ccc(N(c2ccc(C(C)(C)C)cc2)c2cc3c4c(c2)N(c2ccc5c(c2)-c2ccccc2C5(C)C)c2cc5c(cc2B4c2cc4c(cc2N3c2ccc3c(c2)-c2ccccc2C3(C)C)-c2ccccc2C4(C)C)C(C)(C)c2ccccc2-5)cc1. The van der Waals surface area contributed by atoms with Gasteiger partial charge < -0.3 is 14.7 Å². The Bertz CT molecular complexity index is 4620. The molecular formula is C86H78BN3. The van der Waals surface area contributed by atoms with Gasteiger partial charge in [-0.2, -0.15) is 0 Å². The maximum absolute atomic E-state index is 2.69. The van der Waals surface area contributed by atoms with Crippen LogP contribution >= 0.6 is 0 Å². The van der Waals surface area contributed by atoms with Crippen LogP contribution in [0.25, 0.3) is 44.5 Å². The first-order valence-electron chi connectivity index (χ1n) is 32.8. The molecule has 0 saturated heterocycles. The van der Waals surface area contributed by atoms with Crippen molar-refractivity contribution in [1.29, 1.82) is 0 Å². The molecule has 4 aliphatic carbocycles. The molecule has 0 N–H and O–H groups in total. The molecule has 4 heteroatoms. The van der Waals surface area contributed by atoms with Crippen LogP contribution in [0.15, 0.2) is 218 Å². The quantitative estimate of drug-likeness (QED) is 0.159. The van der Waals surface area contributed by atoms with Gasteiger partial charge in [0.25, 0.3) is 6.71 Å². The zero-order valence-corrected chi connectivity index (χ0v) is 54.7. The minimum atomic E-state index is -0.229. The van der Waals surface area contributed by atoms with Gasteiger partial charge in [-0.3, -0.25) is 0 Å². The maximum atomic E-state index is 2.69. The van der Waals surface area contributed by atoms with Gasteiger partial charge in [-0.05, 0) is 200 Å². The summed E-state index contributed by atoms with van der Waals surface area (Å²) in [6.45, 7) is 33.2. The highest BCUT2D eigenvalue weighted by molar-refractivity contribution is 7.00. The maximum Gasteiger partial charge on any atom is 0.252 e. The fourth-order valence-electron chi connectivity index (χ4n) is 17.4. The first kappa shape index (κ1) is 55.0. The van der Waals surface area contributed by atoms with Gasteiger partial charge in [-0.1, -0.05) is 243 Å². The van der Waals surface area contributed by atoms with Crippen molar-refractivity contribution in [2.24, 2.45) is 0 Å². The number of rotatable bonds is 5. The summed E-state index contributed by atoms with van der Waals surface area (Å²) in [6.07, 6.45) is 0. The molecular weight excluding hydrogens is 1090 g/mol. The molecule has 17 rings (SSSR count). The molecule has 0 atom stereocenters. The third-order valence-corrected chi connectivity index (χ3v) is 22.3. The molecule has 0 spiro atoms. The Labute approximate surface area is 533 Å². The summed E-state index contributed by atoms with van der Waals surface area (Å²) in [5, 5.41) is 0. The van der Waals surface area contributed by atoms with E-state index in [-0.39, 0.29) is 39.2 Å². The third-order valence-electron chi connectivity index (χ3n) is 22.3. The van der Waals surface area contributed by atoms with Crippen LogP contribution in [0, 0.1) is 0 Å². The van der Waals surface area contributed by atoms with E-state index in [9.17, 15) is 0 Å². The van der Waals surface area contributed by atoms with E-state index in [0.29, 0.717) is 0 Å². The number of hydrogen-bond donors (Lipinski definition) is 0. The van der Waals surface area contributed by atoms with Gasteiger partial charge in [-0.15, -0.1) is 0 Å². The van der Waals surface area contributed by atoms with Gasteiger partial charge in [0.2, 0.25) is 0 Å². The predicted molar refractivity (Wildman–Crippen MR) is 383 cm³/mol. The fraction of sp³-hybridized carbons (Fsp3) is 0.233. The molecule has 0 radical (unpaired) electrons. The second-order valence-corrected chi connectivity index (χ2v) is 31.0. The van der Waals surface area contributed by atoms with E-state index in [1.54, 1.807) is 0 Å². The Morgan fingerprint density at radius 2 is 0.600 bits per heavy atom. The highest BCUT2D eigenvalue weighted by Gasteiger charge is 2.49. The Balaban J connectivity index is 1.03. The zero-order chi connectivity index (χ0) is 62.1. The molecule has 11 aromatic carbocycles. The van der Waals surface area contributed by atoms with Gasteiger partial charge in [0.05, 0.1) is 5.69 Å². The number of fused-ring (bicyclic) bond motifs is 16. The first-order valence-corrected chi connectivity index (χ1v) is 32.8. The number of benzene rings is 11.